The molecule has 1 saturated heterocycles. The number of carbonyl (C=O) groups excluding carboxylic acids is 1. The number of nitrogens with zero attached hydrogens (tertiary/aromatic N) is 6. The van der Waals surface area contributed by atoms with E-state index in [0.29, 0.717) is 36.9 Å². The van der Waals surface area contributed by atoms with E-state index in [0.717, 1.165) is 11.8 Å². The molecule has 4 aromatic rings. The summed E-state index contributed by atoms with van der Waals surface area (Å²) in [6.07, 6.45) is 2.72. The number of hydrogen-bond donors (Lipinski definition) is 1. The van der Waals surface area contributed by atoms with E-state index in [1.165, 1.54) is 13.2 Å². The van der Waals surface area contributed by atoms with Crippen molar-refractivity contribution in [3.8, 4) is 11.3 Å². The number of fused-ring (bicyclic) bond motifs is 1. The van der Waals surface area contributed by atoms with E-state index in [2.05, 4.69) is 25.3 Å². The summed E-state index contributed by atoms with van der Waals surface area (Å²) in [4.78, 5) is 31.1. The minimum Gasteiger partial charge on any atom is -0.468 e. The highest BCUT2D eigenvalue weighted by Gasteiger charge is 2.30. The minimum absolute atomic E-state index is 0.0414. The molecule has 0 radical (unpaired) electrons. The van der Waals surface area contributed by atoms with E-state index >= 15 is 0 Å². The molecule has 5 rings (SSSR count). The van der Waals surface area contributed by atoms with Gasteiger partial charge in [0, 0.05) is 30.9 Å². The molecular weight excluding hydrogens is 508 g/mol. The molecule has 204 valence electrons. The largest absolute Gasteiger partial charge is 0.468 e. The maximum atomic E-state index is 15.0. The molecule has 10 nitrogen and oxygen atoms in total. The third-order valence-corrected chi connectivity index (χ3v) is 6.62. The lowest BCUT2D eigenvalue weighted by Gasteiger charge is -2.33. The number of anilines is 2. The Morgan fingerprint density at radius 3 is 2.72 bits per heavy atom. The lowest BCUT2D eigenvalue weighted by atomic mass is 10.1. The maximum Gasteiger partial charge on any atom is 0.325 e. The normalized spacial score (nSPS) is 16.1. The highest BCUT2D eigenvalue weighted by atomic mass is 19.1. The summed E-state index contributed by atoms with van der Waals surface area (Å²) in [5, 5.41) is 2.97. The molecule has 1 unspecified atom stereocenters. The molecule has 1 N–H and O–H groups in total. The lowest BCUT2D eigenvalue weighted by molar-refractivity contribution is -0.153. The fourth-order valence-electron chi connectivity index (χ4n) is 4.81. The quantitative estimate of drug-likeness (QED) is 0.348. The number of nitrogens with one attached hydrogen (secondary N) is 1. The minimum atomic E-state index is -0.680. The standard InChI is InChI=1S/C27H29F2N7O3/c1-15(2)36-16(3)32-25-19(28)9-18(10-21(25)36)24-20(29)12-31-27(34-24)33-23-6-5-17(11-30-23)13-35-7-8-39-14-22(35)26(37)38-4/h5-6,9-12,15,22H,7-8,13-14H2,1-4H3,(H,30,31,33,34). The van der Waals surface area contributed by atoms with E-state index < -0.39 is 17.7 Å². The highest BCUT2D eigenvalue weighted by Crippen LogP contribution is 2.30. The number of esters is 1. The molecule has 1 aliphatic rings. The Balaban J connectivity index is 1.36. The predicted octanol–water partition coefficient (Wildman–Crippen LogP) is 4.17. The summed E-state index contributed by atoms with van der Waals surface area (Å²) in [5.74, 6) is -0.346. The number of aromatic nitrogens is 5. The number of benzene rings is 1. The van der Waals surface area contributed by atoms with Crippen molar-refractivity contribution in [2.75, 3.05) is 32.2 Å². The molecule has 39 heavy (non-hydrogen) atoms. The van der Waals surface area contributed by atoms with Crippen molar-refractivity contribution in [1.82, 2.24) is 29.4 Å². The zero-order valence-corrected chi connectivity index (χ0v) is 22.1. The molecule has 0 saturated carbocycles. The fraction of sp³-hybridized carbons (Fsp3) is 0.370. The molecule has 1 fully saturated rings. The van der Waals surface area contributed by atoms with Crippen LogP contribution in [-0.4, -0.2) is 68.3 Å². The molecule has 12 heteroatoms. The van der Waals surface area contributed by atoms with E-state index in [9.17, 15) is 13.6 Å². The monoisotopic (exact) mass is 537 g/mol. The zero-order valence-electron chi connectivity index (χ0n) is 22.1. The summed E-state index contributed by atoms with van der Waals surface area (Å²) >= 11 is 0. The fourth-order valence-corrected chi connectivity index (χ4v) is 4.81. The van der Waals surface area contributed by atoms with Crippen LogP contribution in [0.25, 0.3) is 22.3 Å². The molecule has 4 heterocycles. The number of aryl methyl sites for hydroxylation is 1. The Bertz CT molecular complexity index is 1510. The SMILES string of the molecule is COC(=O)C1COCCN1Cc1ccc(Nc2ncc(F)c(-c3cc(F)c4nc(C)n(C(C)C)c4c3)n2)nc1. The van der Waals surface area contributed by atoms with Crippen LogP contribution < -0.4 is 5.32 Å². The summed E-state index contributed by atoms with van der Waals surface area (Å²) in [5.41, 5.74) is 1.92. The smallest absolute Gasteiger partial charge is 0.325 e. The molecule has 1 aromatic carbocycles. The topological polar surface area (TPSA) is 107 Å². The Labute approximate surface area is 224 Å². The first-order valence-corrected chi connectivity index (χ1v) is 12.6. The number of hydrogen-bond acceptors (Lipinski definition) is 9. The van der Waals surface area contributed by atoms with Gasteiger partial charge in [0.2, 0.25) is 5.95 Å². The Morgan fingerprint density at radius 2 is 2.00 bits per heavy atom. The van der Waals surface area contributed by atoms with E-state index in [4.69, 9.17) is 9.47 Å². The molecular formula is C27H29F2N7O3. The van der Waals surface area contributed by atoms with Gasteiger partial charge in [0.15, 0.2) is 11.6 Å². The number of morpholine rings is 1. The number of rotatable bonds is 7. The number of methoxy groups -OCH3 is 1. The second kappa shape index (κ2) is 11.0. The predicted molar refractivity (Wildman–Crippen MR) is 140 cm³/mol. The van der Waals surface area contributed by atoms with Gasteiger partial charge in [-0.25, -0.2) is 28.7 Å². The van der Waals surface area contributed by atoms with Crippen molar-refractivity contribution in [3.05, 3.63) is 59.7 Å². The first-order valence-electron chi connectivity index (χ1n) is 12.6. The van der Waals surface area contributed by atoms with Crippen LogP contribution in [0.5, 0.6) is 0 Å². The number of ether oxygens (including phenoxy) is 2. The van der Waals surface area contributed by atoms with Crippen molar-refractivity contribution in [2.24, 2.45) is 0 Å². The van der Waals surface area contributed by atoms with Gasteiger partial charge >= 0.3 is 5.97 Å². The van der Waals surface area contributed by atoms with E-state index in [-0.39, 0.29) is 41.3 Å². The molecule has 0 amide bonds. The third kappa shape index (κ3) is 5.43. The van der Waals surface area contributed by atoms with Gasteiger partial charge < -0.3 is 19.4 Å². The van der Waals surface area contributed by atoms with Crippen LogP contribution in [0.15, 0.2) is 36.7 Å². The van der Waals surface area contributed by atoms with Crippen LogP contribution in [0.3, 0.4) is 0 Å². The van der Waals surface area contributed by atoms with Gasteiger partial charge in [0.1, 0.15) is 28.9 Å². The van der Waals surface area contributed by atoms with E-state index in [1.54, 1.807) is 18.3 Å². The summed E-state index contributed by atoms with van der Waals surface area (Å²) in [6.45, 7) is 7.65. The highest BCUT2D eigenvalue weighted by molar-refractivity contribution is 5.83. The zero-order chi connectivity index (χ0) is 27.7. The first-order chi connectivity index (χ1) is 18.7. The number of carbonyl (C=O) groups is 1. The van der Waals surface area contributed by atoms with Gasteiger partial charge in [-0.1, -0.05) is 6.07 Å². The second-order valence-corrected chi connectivity index (χ2v) is 9.60. The van der Waals surface area contributed by atoms with Gasteiger partial charge in [0.25, 0.3) is 0 Å². The van der Waals surface area contributed by atoms with Gasteiger partial charge in [-0.3, -0.25) is 9.69 Å². The third-order valence-electron chi connectivity index (χ3n) is 6.62. The summed E-state index contributed by atoms with van der Waals surface area (Å²) < 4.78 is 42.0. The van der Waals surface area contributed by atoms with Crippen LogP contribution in [-0.2, 0) is 20.8 Å². The molecule has 0 aliphatic carbocycles. The van der Waals surface area contributed by atoms with Crippen molar-refractivity contribution in [1.29, 1.82) is 0 Å². The average molecular weight is 538 g/mol. The van der Waals surface area contributed by atoms with Crippen molar-refractivity contribution >= 4 is 28.8 Å². The molecule has 0 bridgehead atoms. The van der Waals surface area contributed by atoms with Crippen LogP contribution in [0.2, 0.25) is 0 Å². The van der Waals surface area contributed by atoms with Gasteiger partial charge in [-0.05, 0) is 44.5 Å². The summed E-state index contributed by atoms with van der Waals surface area (Å²) in [6, 6.07) is 6.09. The van der Waals surface area contributed by atoms with Gasteiger partial charge in [-0.2, -0.15) is 0 Å². The molecule has 0 spiro atoms. The average Bonchev–Trinajstić information content (AvgIpc) is 3.27. The van der Waals surface area contributed by atoms with Gasteiger partial charge in [-0.15, -0.1) is 0 Å². The first kappa shape index (κ1) is 26.6. The summed E-state index contributed by atoms with van der Waals surface area (Å²) in [7, 11) is 1.36. The van der Waals surface area contributed by atoms with Crippen LogP contribution in [0.4, 0.5) is 20.5 Å². The molecule has 3 aromatic heterocycles. The molecule has 1 atom stereocenters. The van der Waals surface area contributed by atoms with Crippen LogP contribution in [0.1, 0.15) is 31.3 Å². The molecule has 1 aliphatic heterocycles. The number of halogens is 2. The second-order valence-electron chi connectivity index (χ2n) is 9.60. The van der Waals surface area contributed by atoms with Gasteiger partial charge in [0.05, 0.1) is 32.0 Å². The Morgan fingerprint density at radius 1 is 1.18 bits per heavy atom. The lowest BCUT2D eigenvalue weighted by Crippen LogP contribution is -2.49. The number of pyridine rings is 1. The van der Waals surface area contributed by atoms with Crippen molar-refractivity contribution in [2.45, 2.75) is 39.4 Å². The number of imidazole rings is 1. The van der Waals surface area contributed by atoms with Crippen molar-refractivity contribution < 1.29 is 23.0 Å². The van der Waals surface area contributed by atoms with E-state index in [1.807, 2.05) is 36.3 Å². The maximum absolute atomic E-state index is 15.0. The Kier molecular flexibility index (Phi) is 7.49. The van der Waals surface area contributed by atoms with Crippen LogP contribution >= 0.6 is 0 Å². The van der Waals surface area contributed by atoms with Crippen molar-refractivity contribution in [3.63, 3.8) is 0 Å². The van der Waals surface area contributed by atoms with Crippen LogP contribution in [0, 0.1) is 18.6 Å². The Hall–Kier alpha value is -4.03.